The number of amides is 1. The van der Waals surface area contributed by atoms with Crippen molar-refractivity contribution in [3.8, 4) is 0 Å². The van der Waals surface area contributed by atoms with Gasteiger partial charge in [0.05, 0.1) is 23.0 Å². The SMILES string of the molecule is CC(C(=O)Nc1ccccc1F)n1cnc2ccccc21. The highest BCUT2D eigenvalue weighted by atomic mass is 19.1. The van der Waals surface area contributed by atoms with Gasteiger partial charge in [0.2, 0.25) is 5.91 Å². The fourth-order valence-electron chi connectivity index (χ4n) is 2.21. The van der Waals surface area contributed by atoms with Gasteiger partial charge in [-0.15, -0.1) is 0 Å². The van der Waals surface area contributed by atoms with E-state index in [0.717, 1.165) is 11.0 Å². The lowest BCUT2D eigenvalue weighted by atomic mass is 10.2. The molecule has 0 bridgehead atoms. The molecule has 0 saturated carbocycles. The topological polar surface area (TPSA) is 46.9 Å². The third-order valence-corrected chi connectivity index (χ3v) is 3.41. The molecule has 2 aromatic carbocycles. The summed E-state index contributed by atoms with van der Waals surface area (Å²) in [6.07, 6.45) is 1.62. The maximum atomic E-state index is 13.6. The largest absolute Gasteiger partial charge is 0.322 e. The summed E-state index contributed by atoms with van der Waals surface area (Å²) >= 11 is 0. The first-order valence-electron chi connectivity index (χ1n) is 6.64. The zero-order valence-corrected chi connectivity index (χ0v) is 11.5. The van der Waals surface area contributed by atoms with E-state index in [0.29, 0.717) is 0 Å². The maximum absolute atomic E-state index is 13.6. The van der Waals surface area contributed by atoms with Crippen molar-refractivity contribution in [2.75, 3.05) is 5.32 Å². The molecule has 0 spiro atoms. The van der Waals surface area contributed by atoms with E-state index in [1.807, 2.05) is 24.3 Å². The van der Waals surface area contributed by atoms with Crippen molar-refractivity contribution in [2.45, 2.75) is 13.0 Å². The molecule has 0 radical (unpaired) electrons. The molecule has 0 aliphatic heterocycles. The van der Waals surface area contributed by atoms with Crippen molar-refractivity contribution in [2.24, 2.45) is 0 Å². The minimum Gasteiger partial charge on any atom is -0.322 e. The highest BCUT2D eigenvalue weighted by molar-refractivity contribution is 5.94. The van der Waals surface area contributed by atoms with Gasteiger partial charge in [0.15, 0.2) is 0 Å². The number of carbonyl (C=O) groups is 1. The molecule has 21 heavy (non-hydrogen) atoms. The van der Waals surface area contributed by atoms with Crippen LogP contribution in [0.2, 0.25) is 0 Å². The minimum atomic E-state index is -0.489. The second-order valence-corrected chi connectivity index (χ2v) is 4.79. The van der Waals surface area contributed by atoms with Crippen LogP contribution in [-0.4, -0.2) is 15.5 Å². The summed E-state index contributed by atoms with van der Waals surface area (Å²) in [5.41, 5.74) is 1.87. The Labute approximate surface area is 121 Å². The number of hydrogen-bond donors (Lipinski definition) is 1. The molecule has 1 amide bonds. The second-order valence-electron chi connectivity index (χ2n) is 4.79. The number of rotatable bonds is 3. The molecule has 1 heterocycles. The van der Waals surface area contributed by atoms with Gasteiger partial charge in [0.1, 0.15) is 11.9 Å². The van der Waals surface area contributed by atoms with Crippen LogP contribution in [0, 0.1) is 5.82 Å². The van der Waals surface area contributed by atoms with Crippen LogP contribution in [-0.2, 0) is 4.79 Å². The molecule has 3 rings (SSSR count). The summed E-state index contributed by atoms with van der Waals surface area (Å²) in [5.74, 6) is -0.739. The normalized spacial score (nSPS) is 12.3. The minimum absolute atomic E-state index is 0.179. The van der Waals surface area contributed by atoms with Gasteiger partial charge in [-0.05, 0) is 31.2 Å². The van der Waals surface area contributed by atoms with E-state index in [2.05, 4.69) is 10.3 Å². The summed E-state index contributed by atoms with van der Waals surface area (Å²) in [7, 11) is 0. The van der Waals surface area contributed by atoms with E-state index in [1.54, 1.807) is 30.0 Å². The van der Waals surface area contributed by atoms with E-state index < -0.39 is 11.9 Å². The van der Waals surface area contributed by atoms with Crippen molar-refractivity contribution in [1.82, 2.24) is 9.55 Å². The molecule has 5 heteroatoms. The van der Waals surface area contributed by atoms with Gasteiger partial charge in [0, 0.05) is 0 Å². The van der Waals surface area contributed by atoms with Crippen molar-refractivity contribution in [3.63, 3.8) is 0 Å². The summed E-state index contributed by atoms with van der Waals surface area (Å²) in [5, 5.41) is 2.60. The Morgan fingerprint density at radius 1 is 1.19 bits per heavy atom. The molecule has 1 N–H and O–H groups in total. The molecule has 4 nitrogen and oxygen atoms in total. The zero-order valence-electron chi connectivity index (χ0n) is 11.5. The molecule has 0 saturated heterocycles. The number of nitrogens with one attached hydrogen (secondary N) is 1. The summed E-state index contributed by atoms with van der Waals surface area (Å²) < 4.78 is 15.3. The van der Waals surface area contributed by atoms with Gasteiger partial charge >= 0.3 is 0 Å². The van der Waals surface area contributed by atoms with Crippen LogP contribution in [0.15, 0.2) is 54.9 Å². The Hall–Kier alpha value is -2.69. The van der Waals surface area contributed by atoms with Crippen molar-refractivity contribution in [3.05, 3.63) is 60.7 Å². The number of imidazole rings is 1. The Kier molecular flexibility index (Phi) is 3.39. The Morgan fingerprint density at radius 3 is 2.71 bits per heavy atom. The number of anilines is 1. The molecule has 1 atom stereocenters. The van der Waals surface area contributed by atoms with E-state index in [1.165, 1.54) is 12.1 Å². The van der Waals surface area contributed by atoms with E-state index in [4.69, 9.17) is 0 Å². The average molecular weight is 283 g/mol. The predicted octanol–water partition coefficient (Wildman–Crippen LogP) is 3.38. The van der Waals surface area contributed by atoms with Crippen LogP contribution in [0.1, 0.15) is 13.0 Å². The lowest BCUT2D eigenvalue weighted by Gasteiger charge is -2.15. The fraction of sp³-hybridized carbons (Fsp3) is 0.125. The number of carbonyl (C=O) groups excluding carboxylic acids is 1. The van der Waals surface area contributed by atoms with Gasteiger partial charge in [-0.3, -0.25) is 4.79 Å². The van der Waals surface area contributed by atoms with Gasteiger partial charge in [-0.2, -0.15) is 0 Å². The number of aromatic nitrogens is 2. The fourth-order valence-corrected chi connectivity index (χ4v) is 2.21. The van der Waals surface area contributed by atoms with Gasteiger partial charge in [-0.25, -0.2) is 9.37 Å². The number of nitrogens with zero attached hydrogens (tertiary/aromatic N) is 2. The first kappa shape index (κ1) is 13.3. The smallest absolute Gasteiger partial charge is 0.247 e. The summed E-state index contributed by atoms with van der Waals surface area (Å²) in [4.78, 5) is 16.5. The number of hydrogen-bond acceptors (Lipinski definition) is 2. The quantitative estimate of drug-likeness (QED) is 0.801. The van der Waals surface area contributed by atoms with Crippen LogP contribution in [0.4, 0.5) is 10.1 Å². The van der Waals surface area contributed by atoms with Crippen LogP contribution < -0.4 is 5.32 Å². The Balaban J connectivity index is 1.86. The van der Waals surface area contributed by atoms with E-state index in [-0.39, 0.29) is 11.6 Å². The van der Waals surface area contributed by atoms with Crippen molar-refractivity contribution < 1.29 is 9.18 Å². The Bertz CT molecular complexity index is 797. The molecule has 0 aliphatic carbocycles. The van der Waals surface area contributed by atoms with Gasteiger partial charge in [-0.1, -0.05) is 24.3 Å². The first-order valence-corrected chi connectivity index (χ1v) is 6.64. The molecule has 1 aromatic heterocycles. The van der Waals surface area contributed by atoms with Crippen LogP contribution in [0.5, 0.6) is 0 Å². The lowest BCUT2D eigenvalue weighted by Crippen LogP contribution is -2.23. The molecule has 0 fully saturated rings. The first-order chi connectivity index (χ1) is 10.2. The highest BCUT2D eigenvalue weighted by Crippen LogP contribution is 2.20. The van der Waals surface area contributed by atoms with Gasteiger partial charge < -0.3 is 9.88 Å². The van der Waals surface area contributed by atoms with Crippen molar-refractivity contribution >= 4 is 22.6 Å². The number of para-hydroxylation sites is 3. The van der Waals surface area contributed by atoms with Crippen molar-refractivity contribution in [1.29, 1.82) is 0 Å². The molecular weight excluding hydrogens is 269 g/mol. The maximum Gasteiger partial charge on any atom is 0.247 e. The van der Waals surface area contributed by atoms with Crippen LogP contribution in [0.25, 0.3) is 11.0 Å². The number of benzene rings is 2. The monoisotopic (exact) mass is 283 g/mol. The summed E-state index contributed by atoms with van der Waals surface area (Å²) in [6.45, 7) is 1.75. The molecule has 106 valence electrons. The number of fused-ring (bicyclic) bond motifs is 1. The molecule has 1 unspecified atom stereocenters. The number of halogens is 1. The van der Waals surface area contributed by atoms with Crippen LogP contribution >= 0.6 is 0 Å². The molecule has 0 aliphatic rings. The highest BCUT2D eigenvalue weighted by Gasteiger charge is 2.18. The molecular formula is C16H14FN3O. The Morgan fingerprint density at radius 2 is 1.90 bits per heavy atom. The summed E-state index contributed by atoms with van der Waals surface area (Å²) in [6, 6.07) is 13.2. The zero-order chi connectivity index (χ0) is 14.8. The predicted molar refractivity (Wildman–Crippen MR) is 79.5 cm³/mol. The lowest BCUT2D eigenvalue weighted by molar-refractivity contribution is -0.118. The average Bonchev–Trinajstić information content (AvgIpc) is 2.92. The molecule has 3 aromatic rings. The van der Waals surface area contributed by atoms with Gasteiger partial charge in [0.25, 0.3) is 0 Å². The second kappa shape index (κ2) is 5.36. The third kappa shape index (κ3) is 2.50. The van der Waals surface area contributed by atoms with Crippen LogP contribution in [0.3, 0.4) is 0 Å². The van der Waals surface area contributed by atoms with E-state index in [9.17, 15) is 9.18 Å². The third-order valence-electron chi connectivity index (χ3n) is 3.41. The standard InChI is InChI=1S/C16H14FN3O/c1-11(16(21)19-13-7-3-2-6-12(13)17)20-10-18-14-8-4-5-9-15(14)20/h2-11H,1H3,(H,19,21). The van der Waals surface area contributed by atoms with E-state index >= 15 is 0 Å².